The lowest BCUT2D eigenvalue weighted by Crippen LogP contribution is -2.50. The first kappa shape index (κ1) is 18.3. The van der Waals surface area contributed by atoms with Gasteiger partial charge in [0.15, 0.2) is 11.5 Å². The molecule has 0 N–H and O–H groups in total. The van der Waals surface area contributed by atoms with Crippen molar-refractivity contribution in [3.05, 3.63) is 46.2 Å². The van der Waals surface area contributed by atoms with Crippen LogP contribution in [0.25, 0.3) is 0 Å². The van der Waals surface area contributed by atoms with E-state index < -0.39 is 0 Å². The van der Waals surface area contributed by atoms with E-state index in [1.165, 1.54) is 11.3 Å². The van der Waals surface area contributed by atoms with E-state index in [-0.39, 0.29) is 11.8 Å². The van der Waals surface area contributed by atoms with Crippen molar-refractivity contribution < 1.29 is 19.1 Å². The smallest absolute Gasteiger partial charge is 0.264 e. The zero-order valence-corrected chi connectivity index (χ0v) is 15.8. The third-order valence-corrected chi connectivity index (χ3v) is 5.31. The molecule has 1 aliphatic heterocycles. The molecule has 2 amide bonds. The van der Waals surface area contributed by atoms with Crippen LogP contribution in [-0.2, 0) is 11.2 Å². The van der Waals surface area contributed by atoms with E-state index in [0.29, 0.717) is 44.1 Å². The lowest BCUT2D eigenvalue weighted by Gasteiger charge is -2.34. The van der Waals surface area contributed by atoms with Gasteiger partial charge in [0.05, 0.1) is 25.5 Å². The fraction of sp³-hybridized carbons (Fsp3) is 0.368. The summed E-state index contributed by atoms with van der Waals surface area (Å²) in [5.41, 5.74) is 0.879. The molecule has 138 valence electrons. The molecule has 1 aromatic carbocycles. The summed E-state index contributed by atoms with van der Waals surface area (Å²) in [6, 6.07) is 9.21. The van der Waals surface area contributed by atoms with Crippen LogP contribution < -0.4 is 9.47 Å². The third kappa shape index (κ3) is 3.99. The summed E-state index contributed by atoms with van der Waals surface area (Å²) < 4.78 is 10.5. The fourth-order valence-corrected chi connectivity index (χ4v) is 3.68. The number of carbonyl (C=O) groups excluding carboxylic acids is 2. The van der Waals surface area contributed by atoms with Crippen molar-refractivity contribution in [2.75, 3.05) is 40.4 Å². The molecule has 0 atom stereocenters. The first-order chi connectivity index (χ1) is 12.6. The molecule has 1 saturated heterocycles. The number of benzene rings is 1. The van der Waals surface area contributed by atoms with Crippen molar-refractivity contribution in [3.63, 3.8) is 0 Å². The highest BCUT2D eigenvalue weighted by molar-refractivity contribution is 7.12. The van der Waals surface area contributed by atoms with Crippen molar-refractivity contribution in [2.24, 2.45) is 0 Å². The number of hydrogen-bond acceptors (Lipinski definition) is 5. The Bertz CT molecular complexity index is 768. The van der Waals surface area contributed by atoms with Gasteiger partial charge >= 0.3 is 0 Å². The zero-order valence-electron chi connectivity index (χ0n) is 14.9. The van der Waals surface area contributed by atoms with Crippen LogP contribution in [0.3, 0.4) is 0 Å². The second-order valence-electron chi connectivity index (χ2n) is 6.02. The standard InChI is InChI=1S/C19H22N2O4S/c1-24-15-6-5-14(12-16(15)25-2)13-18(22)20-7-9-21(10-8-20)19(23)17-4-3-11-26-17/h3-6,11-12H,7-10,13H2,1-2H3. The number of methoxy groups -OCH3 is 2. The third-order valence-electron chi connectivity index (χ3n) is 4.45. The summed E-state index contributed by atoms with van der Waals surface area (Å²) in [4.78, 5) is 29.3. The molecular weight excluding hydrogens is 352 g/mol. The van der Waals surface area contributed by atoms with E-state index in [1.54, 1.807) is 20.3 Å². The van der Waals surface area contributed by atoms with Crippen LogP contribution in [0.1, 0.15) is 15.2 Å². The van der Waals surface area contributed by atoms with Crippen molar-refractivity contribution in [2.45, 2.75) is 6.42 Å². The lowest BCUT2D eigenvalue weighted by molar-refractivity contribution is -0.131. The Kier molecular flexibility index (Phi) is 5.78. The molecular formula is C19H22N2O4S. The van der Waals surface area contributed by atoms with Gasteiger partial charge in [0.1, 0.15) is 0 Å². The molecule has 3 rings (SSSR count). The molecule has 0 radical (unpaired) electrons. The number of hydrogen-bond donors (Lipinski definition) is 0. The van der Waals surface area contributed by atoms with Gasteiger partial charge in [-0.1, -0.05) is 12.1 Å². The maximum Gasteiger partial charge on any atom is 0.264 e. The molecule has 1 fully saturated rings. The fourth-order valence-electron chi connectivity index (χ4n) is 2.99. The number of piperazine rings is 1. The summed E-state index contributed by atoms with van der Waals surface area (Å²) in [6.45, 7) is 2.25. The lowest BCUT2D eigenvalue weighted by atomic mass is 10.1. The Labute approximate surface area is 156 Å². The summed E-state index contributed by atoms with van der Waals surface area (Å²) in [7, 11) is 3.16. The normalized spacial score (nSPS) is 14.2. The van der Waals surface area contributed by atoms with Crippen LogP contribution in [0.5, 0.6) is 11.5 Å². The quantitative estimate of drug-likeness (QED) is 0.806. The van der Waals surface area contributed by atoms with Gasteiger partial charge in [-0.2, -0.15) is 0 Å². The van der Waals surface area contributed by atoms with Crippen LogP contribution >= 0.6 is 11.3 Å². The van der Waals surface area contributed by atoms with E-state index in [9.17, 15) is 9.59 Å². The number of amides is 2. The molecule has 0 unspecified atom stereocenters. The van der Waals surface area contributed by atoms with Gasteiger partial charge in [0.25, 0.3) is 5.91 Å². The van der Waals surface area contributed by atoms with Crippen LogP contribution in [0, 0.1) is 0 Å². The van der Waals surface area contributed by atoms with Gasteiger partial charge in [0.2, 0.25) is 5.91 Å². The molecule has 6 nitrogen and oxygen atoms in total. The van der Waals surface area contributed by atoms with Gasteiger partial charge in [-0.05, 0) is 29.1 Å². The number of rotatable bonds is 5. The largest absolute Gasteiger partial charge is 0.493 e. The Morgan fingerprint density at radius 1 is 1.00 bits per heavy atom. The Balaban J connectivity index is 1.56. The van der Waals surface area contributed by atoms with Crippen molar-refractivity contribution in [1.82, 2.24) is 9.80 Å². The summed E-state index contributed by atoms with van der Waals surface area (Å²) in [5.74, 6) is 1.36. The number of ether oxygens (including phenoxy) is 2. The molecule has 7 heteroatoms. The van der Waals surface area contributed by atoms with Gasteiger partial charge < -0.3 is 19.3 Å². The van der Waals surface area contributed by atoms with Crippen molar-refractivity contribution in [1.29, 1.82) is 0 Å². The molecule has 0 bridgehead atoms. The monoisotopic (exact) mass is 374 g/mol. The molecule has 2 aromatic rings. The van der Waals surface area contributed by atoms with E-state index in [2.05, 4.69) is 0 Å². The van der Waals surface area contributed by atoms with Crippen LogP contribution in [0.2, 0.25) is 0 Å². The molecule has 1 aliphatic rings. The average Bonchev–Trinajstić information content (AvgIpc) is 3.22. The van der Waals surface area contributed by atoms with Crippen LogP contribution in [0.4, 0.5) is 0 Å². The van der Waals surface area contributed by atoms with Crippen LogP contribution in [0.15, 0.2) is 35.7 Å². The minimum absolute atomic E-state index is 0.0481. The Hall–Kier alpha value is -2.54. The van der Waals surface area contributed by atoms with Crippen molar-refractivity contribution in [3.8, 4) is 11.5 Å². The van der Waals surface area contributed by atoms with Crippen molar-refractivity contribution >= 4 is 23.2 Å². The maximum absolute atomic E-state index is 12.6. The summed E-state index contributed by atoms with van der Waals surface area (Å²) >= 11 is 1.45. The number of carbonyl (C=O) groups is 2. The highest BCUT2D eigenvalue weighted by atomic mass is 32.1. The van der Waals surface area contributed by atoms with Crippen LogP contribution in [-0.4, -0.2) is 62.0 Å². The average molecular weight is 374 g/mol. The maximum atomic E-state index is 12.6. The first-order valence-corrected chi connectivity index (χ1v) is 9.32. The highest BCUT2D eigenvalue weighted by Gasteiger charge is 2.25. The molecule has 26 heavy (non-hydrogen) atoms. The molecule has 2 heterocycles. The van der Waals surface area contributed by atoms with Gasteiger partial charge in [-0.15, -0.1) is 11.3 Å². The molecule has 0 spiro atoms. The Morgan fingerprint density at radius 2 is 1.69 bits per heavy atom. The van der Waals surface area contributed by atoms with Gasteiger partial charge in [-0.3, -0.25) is 9.59 Å². The van der Waals surface area contributed by atoms with E-state index in [4.69, 9.17) is 9.47 Å². The summed E-state index contributed by atoms with van der Waals surface area (Å²) in [6.07, 6.45) is 0.305. The van der Waals surface area contributed by atoms with E-state index in [0.717, 1.165) is 10.4 Å². The second-order valence-corrected chi connectivity index (χ2v) is 6.96. The minimum Gasteiger partial charge on any atom is -0.493 e. The predicted molar refractivity (Wildman–Crippen MR) is 100 cm³/mol. The van der Waals surface area contributed by atoms with Gasteiger partial charge in [-0.25, -0.2) is 0 Å². The summed E-state index contributed by atoms with van der Waals surface area (Å²) in [5, 5.41) is 1.90. The first-order valence-electron chi connectivity index (χ1n) is 8.44. The van der Waals surface area contributed by atoms with E-state index >= 15 is 0 Å². The van der Waals surface area contributed by atoms with Gasteiger partial charge in [0, 0.05) is 26.2 Å². The highest BCUT2D eigenvalue weighted by Crippen LogP contribution is 2.28. The number of thiophene rings is 1. The molecule has 1 aromatic heterocycles. The topological polar surface area (TPSA) is 59.1 Å². The molecule has 0 saturated carbocycles. The second kappa shape index (κ2) is 8.23. The predicted octanol–water partition coefficient (Wildman–Crippen LogP) is 2.29. The zero-order chi connectivity index (χ0) is 18.5. The van der Waals surface area contributed by atoms with E-state index in [1.807, 2.05) is 39.4 Å². The SMILES string of the molecule is COc1ccc(CC(=O)N2CCN(C(=O)c3cccs3)CC2)cc1OC. The minimum atomic E-state index is 0.0481. The number of nitrogens with zero attached hydrogens (tertiary/aromatic N) is 2. The Morgan fingerprint density at radius 3 is 2.31 bits per heavy atom. The molecule has 0 aliphatic carbocycles.